The number of benzene rings is 2. The molecule has 4 saturated carbocycles. The smallest absolute Gasteiger partial charge is 0.352 e. The van der Waals surface area contributed by atoms with Crippen LogP contribution in [0.5, 0.6) is 17.6 Å². The molecule has 4 aliphatic carbocycles. The lowest BCUT2D eigenvalue weighted by molar-refractivity contribution is -0.401. The molecule has 2 aromatic carbocycles. The van der Waals surface area contributed by atoms with Crippen molar-refractivity contribution in [3.63, 3.8) is 0 Å². The molecule has 5 saturated heterocycles. The molecule has 0 atom stereocenters. The van der Waals surface area contributed by atoms with Crippen molar-refractivity contribution in [2.24, 2.45) is 5.73 Å². The van der Waals surface area contributed by atoms with Gasteiger partial charge in [-0.1, -0.05) is 89.0 Å². The minimum absolute atomic E-state index is 0. The number of nitrogens with one attached hydrogen (secondary N) is 3. The second-order valence-corrected chi connectivity index (χ2v) is 36.7. The maximum Gasteiger partial charge on any atom is 0.352 e. The number of rotatable bonds is 23. The number of halogens is 5. The summed E-state index contributed by atoms with van der Waals surface area (Å²) in [6.07, 6.45) is 46.2. The van der Waals surface area contributed by atoms with Crippen molar-refractivity contribution in [3.05, 3.63) is 213 Å². The van der Waals surface area contributed by atoms with Gasteiger partial charge in [-0.3, -0.25) is 29.9 Å². The van der Waals surface area contributed by atoms with Crippen molar-refractivity contribution < 1.29 is 38.2 Å². The van der Waals surface area contributed by atoms with Crippen LogP contribution in [0.3, 0.4) is 0 Å². The number of hydrogen-bond donors (Lipinski definition) is 5. The quantitative estimate of drug-likeness (QED) is 0.0294. The van der Waals surface area contributed by atoms with Crippen molar-refractivity contribution in [1.29, 1.82) is 0 Å². The number of methoxy groups -OCH3 is 3. The average molecular weight is 2020 g/mol. The molecule has 0 unspecified atom stereocenters. The number of carboxylic acid groups (broad SMARTS) is 1. The van der Waals surface area contributed by atoms with Crippen LogP contribution in [0.4, 0.5) is 32.8 Å². The number of carboxylic acids is 1. The number of fused-ring (bicyclic) bond motifs is 2. The zero-order chi connectivity index (χ0) is 89.3. The lowest BCUT2D eigenvalue weighted by atomic mass is 10.0. The van der Waals surface area contributed by atoms with E-state index >= 15 is 0 Å². The van der Waals surface area contributed by atoms with Gasteiger partial charge >= 0.3 is 5.97 Å². The Bertz CT molecular complexity index is 5350. The Morgan fingerprint density at radius 2 is 0.828 bits per heavy atom. The number of anilines is 5. The number of piperidine rings is 5. The Balaban J connectivity index is 0.000000244. The fourth-order valence-electron chi connectivity index (χ4n) is 17.5. The second-order valence-electron chi connectivity index (χ2n) is 34.1. The number of aryl methyl sites for hydroxylation is 2. The molecule has 9 aliphatic rings. The van der Waals surface area contributed by atoms with Crippen molar-refractivity contribution in [3.8, 4) is 17.6 Å². The number of aromatic nitrogens is 8. The van der Waals surface area contributed by atoms with Crippen LogP contribution < -0.4 is 49.8 Å². The van der Waals surface area contributed by atoms with E-state index in [1.165, 1.54) is 249 Å². The Labute approximate surface area is 824 Å². The molecule has 24 nitrogen and oxygen atoms in total. The number of hydrogen-bond acceptors (Lipinski definition) is 19. The predicted molar refractivity (Wildman–Crippen MR) is 563 cm³/mol. The fraction of sp³-hybridized carbons (Fsp3) is 0.524. The largest absolute Gasteiger partial charge is 0.481 e. The first kappa shape index (κ1) is 113. The van der Waals surface area contributed by atoms with Crippen molar-refractivity contribution in [1.82, 2.24) is 45.2 Å². The van der Waals surface area contributed by atoms with Gasteiger partial charge < -0.3 is 64.8 Å². The topological polar surface area (TPSA) is 288 Å². The zero-order valence-electron chi connectivity index (χ0n) is 74.1. The van der Waals surface area contributed by atoms with Crippen LogP contribution in [0.1, 0.15) is 309 Å². The molecule has 19 rings (SSSR count). The molecule has 6 N–H and O–H groups in total. The molecular weight excluding hydrogens is 1860 g/mol. The van der Waals surface area contributed by atoms with Crippen LogP contribution in [-0.2, 0) is 25.7 Å². The van der Waals surface area contributed by atoms with Crippen molar-refractivity contribution in [2.75, 3.05) is 124 Å². The number of nitrogens with zero attached hydrogens (tertiary/aromatic N) is 12. The molecule has 0 spiro atoms. The van der Waals surface area contributed by atoms with Gasteiger partial charge in [-0.15, -0.1) is 0 Å². The van der Waals surface area contributed by atoms with Gasteiger partial charge in [0.25, 0.3) is 5.91 Å². The highest BCUT2D eigenvalue weighted by atomic mass is 79.9. The summed E-state index contributed by atoms with van der Waals surface area (Å²) in [5.41, 5.74) is 24.9. The molecule has 0 radical (unpaired) electrons. The van der Waals surface area contributed by atoms with Crippen molar-refractivity contribution in [2.45, 2.75) is 263 Å². The first-order valence-corrected chi connectivity index (χ1v) is 48.1. The lowest BCUT2D eigenvalue weighted by Gasteiger charge is -2.29. The first-order chi connectivity index (χ1) is 61.8. The van der Waals surface area contributed by atoms with E-state index < -0.39 is 10.9 Å². The summed E-state index contributed by atoms with van der Waals surface area (Å²) in [7, 11) is 4.83. The summed E-state index contributed by atoms with van der Waals surface area (Å²) in [4.78, 5) is 78.7. The summed E-state index contributed by atoms with van der Waals surface area (Å²) < 4.78 is 29.0. The average Bonchev–Trinajstić information content (AvgIpc) is 1.64. The Hall–Kier alpha value is -9.67. The highest BCUT2D eigenvalue weighted by Crippen LogP contribution is 2.47. The highest BCUT2D eigenvalue weighted by Gasteiger charge is 2.33. The number of aromatic amines is 2. The number of ether oxygens (including phenoxy) is 3. The fourth-order valence-corrected chi connectivity index (χ4v) is 18.8. The number of aromatic carboxylic acids is 1. The van der Waals surface area contributed by atoms with Gasteiger partial charge in [0.15, 0.2) is 0 Å². The second kappa shape index (κ2) is 56.1. The van der Waals surface area contributed by atoms with E-state index in [1.807, 2.05) is 49.9 Å². The maximum atomic E-state index is 13.0. The third-order valence-corrected chi connectivity index (χ3v) is 26.5. The third-order valence-electron chi connectivity index (χ3n) is 24.9. The molecule has 13 heterocycles. The number of nitrogens with two attached hydrogens (primary N) is 1. The number of H-pyrrole nitrogens is 2. The summed E-state index contributed by atoms with van der Waals surface area (Å²) >= 11 is 18.6. The molecule has 1 amide bonds. The molecule has 0 bridgehead atoms. The molecule has 734 valence electrons. The molecule has 10 aromatic rings. The number of carbonyl (C=O) groups excluding carboxylic acids is 1. The summed E-state index contributed by atoms with van der Waals surface area (Å²) in [6.45, 7) is 16.8. The molecule has 5 aliphatic heterocycles. The Kier molecular flexibility index (Phi) is 47.4. The third kappa shape index (κ3) is 31.7. The van der Waals surface area contributed by atoms with Gasteiger partial charge in [-0.25, -0.2) is 24.1 Å². The van der Waals surface area contributed by atoms with E-state index in [1.54, 1.807) is 32.4 Å². The highest BCUT2D eigenvalue weighted by molar-refractivity contribution is 9.11. The number of nitro groups is 1. The van der Waals surface area contributed by atoms with E-state index in [0.717, 1.165) is 132 Å². The summed E-state index contributed by atoms with van der Waals surface area (Å²) in [5.74, 6) is 3.14. The van der Waals surface area contributed by atoms with Crippen LogP contribution in [0.25, 0.3) is 27.9 Å². The number of carbonyl (C=O) groups is 2. The van der Waals surface area contributed by atoms with Gasteiger partial charge in [0.2, 0.25) is 23.8 Å². The van der Waals surface area contributed by atoms with E-state index in [0.29, 0.717) is 69.2 Å². The van der Waals surface area contributed by atoms with Crippen LogP contribution >= 0.6 is 55.1 Å². The van der Waals surface area contributed by atoms with Crippen molar-refractivity contribution >= 4 is 123 Å². The molecule has 9 fully saturated rings. The normalized spacial score (nSPS) is 15.9. The molecular formula is C105H151Br2Cl2FN16O8. The number of pyridine rings is 6. The zero-order valence-corrected chi connectivity index (χ0v) is 78.8. The minimum atomic E-state index is -0.931. The Morgan fingerprint density at radius 1 is 0.485 bits per heavy atom. The van der Waals surface area contributed by atoms with Gasteiger partial charge in [-0.2, -0.15) is 0 Å². The first-order valence-electron chi connectivity index (χ1n) is 45.8. The monoisotopic (exact) mass is 2010 g/mol. The van der Waals surface area contributed by atoms with Gasteiger partial charge in [0.05, 0.1) is 107 Å². The standard InChI is InChI=1S/C26H31ClN4O.C15H19N3O2.C15H23N3.C14H20N2O.C11H15BrN2O.C11H10ClNO2.C6H5BrFNO.7CH4/c1-2-20-22-14-18(27)8-9-24(22)30-25(20)26(32)28-11-10-23-21(17-6-7-17)15-19(16-29-23)31-12-4-3-5-13-31;19-18(20)9-6-15-14(12-4-5-12)10-13(11-16-15)17-7-2-1-3-8-17;16-7-6-15-14(12-4-5-12)10-13(11-17-15)18-8-2-1-3-9-18;1-17-14-13(11-5-6-11)9-12(10-15-14)16-7-3-2-4-8-16;1-15-11-10(12)7-9(8-13-11)14-5-3-2-4-6-14;1-2-7-8-5-6(12)3-4-9(8)13-10(7)11(14)15;1-10-6-5(7)2-4(8)3-9-6;;;;;;;/h8-9,14-17,30H,2-7,10-13H2,1H3,(H,28,32);6,9-12H,1-5,7-8H2;10-12H,1-9,16H2;9-11H,2-8H2,1H3;7-8H,2-6H2,1H3;3-5,13H,2H2,1H3,(H,14,15);2-3H,1H3;7*1H4/b;9-6+;;;;;;;;;;;;. The van der Waals surface area contributed by atoms with E-state index in [9.17, 15) is 24.1 Å². The SMILES string of the molecule is C.C.C.C.C.C.C.CCc1c(C(=O)NCCc2ncc(N3CCCCC3)cc2C2CC2)[nH]c2ccc(Cl)cc12.CCc1c(C(=O)O)[nH]c2ccc(Cl)cc12.COc1ncc(F)cc1Br.COc1ncc(N2CCCCC2)cc1Br.COc1ncc(N2CCCCC2)cc1C1CC1.NCCc1ncc(N2CCCCC2)cc1C1CC1.O=[N+]([O-])/C=C/c1ncc(N2CCCCC2)cc1C1CC1. The number of amides is 1. The molecule has 8 aromatic heterocycles. The minimum Gasteiger partial charge on any atom is -0.481 e. The van der Waals surface area contributed by atoms with Gasteiger partial charge in [0.1, 0.15) is 17.2 Å². The van der Waals surface area contributed by atoms with Crippen LogP contribution in [0.15, 0.2) is 125 Å². The summed E-state index contributed by atoms with van der Waals surface area (Å²) in [5, 5.41) is 25.8. The molecule has 29 heteroatoms. The van der Waals surface area contributed by atoms with E-state index in [4.69, 9.17) is 53.2 Å². The van der Waals surface area contributed by atoms with Gasteiger partial charge in [-0.05, 0) is 323 Å². The van der Waals surface area contributed by atoms with Crippen LogP contribution in [0, 0.1) is 15.9 Å². The Morgan fingerprint density at radius 3 is 1.21 bits per heavy atom. The van der Waals surface area contributed by atoms with Gasteiger partial charge in [0, 0.05) is 140 Å². The summed E-state index contributed by atoms with van der Waals surface area (Å²) in [6, 6.07) is 23.7. The van der Waals surface area contributed by atoms with Crippen LogP contribution in [-0.4, -0.2) is 162 Å². The predicted octanol–water partition coefficient (Wildman–Crippen LogP) is 26.6. The maximum absolute atomic E-state index is 13.0. The van der Waals surface area contributed by atoms with E-state index in [2.05, 4.69) is 140 Å². The lowest BCUT2D eigenvalue weighted by Crippen LogP contribution is -2.30. The van der Waals surface area contributed by atoms with E-state index in [-0.39, 0.29) is 69.4 Å². The van der Waals surface area contributed by atoms with Crippen LogP contribution in [0.2, 0.25) is 10.0 Å². The molecule has 134 heavy (non-hydrogen) atoms.